The number of nitrogens with one attached hydrogen (secondary N) is 1. The van der Waals surface area contributed by atoms with E-state index in [2.05, 4.69) is 15.3 Å². The van der Waals surface area contributed by atoms with E-state index in [1.165, 1.54) is 26.1 Å². The maximum atomic E-state index is 14.6. The van der Waals surface area contributed by atoms with Crippen LogP contribution in [0, 0.1) is 11.6 Å². The second-order valence-corrected chi connectivity index (χ2v) is 9.57. The van der Waals surface area contributed by atoms with Gasteiger partial charge in [0.15, 0.2) is 11.5 Å². The van der Waals surface area contributed by atoms with E-state index in [1.54, 1.807) is 0 Å². The smallest absolute Gasteiger partial charge is 0.277 e. The molecule has 0 bridgehead atoms. The molecule has 0 saturated heterocycles. The van der Waals surface area contributed by atoms with Gasteiger partial charge in [0.2, 0.25) is 16.0 Å². The molecule has 15 heteroatoms. The van der Waals surface area contributed by atoms with Crippen LogP contribution in [0.25, 0.3) is 0 Å². The summed E-state index contributed by atoms with van der Waals surface area (Å²) >= 11 is 0. The third-order valence-corrected chi connectivity index (χ3v) is 6.64. The van der Waals surface area contributed by atoms with Gasteiger partial charge in [0.1, 0.15) is 40.6 Å². The highest BCUT2D eigenvalue weighted by Gasteiger charge is 2.41. The second-order valence-electron chi connectivity index (χ2n) is 7.57. The molecule has 0 fully saturated rings. The first-order chi connectivity index (χ1) is 15.1. The molecule has 3 N–H and O–H groups in total. The fourth-order valence-electron chi connectivity index (χ4n) is 3.14. The minimum absolute atomic E-state index is 0.0362. The van der Waals surface area contributed by atoms with E-state index < -0.39 is 49.8 Å². The third-order valence-electron chi connectivity index (χ3n) is 4.69. The van der Waals surface area contributed by atoms with Crippen LogP contribution in [0.5, 0.6) is 5.75 Å². The summed E-state index contributed by atoms with van der Waals surface area (Å²) in [5.41, 5.74) is 3.42. The van der Waals surface area contributed by atoms with E-state index in [1.807, 2.05) is 0 Å². The van der Waals surface area contributed by atoms with Gasteiger partial charge in [0.05, 0.1) is 11.9 Å². The zero-order chi connectivity index (χ0) is 24.8. The maximum absolute atomic E-state index is 14.6. The molecule has 33 heavy (non-hydrogen) atoms. The number of amides is 1. The molecule has 1 aromatic heterocycles. The number of hydrogen-bond donors (Lipinski definition) is 2. The van der Waals surface area contributed by atoms with Gasteiger partial charge in [-0.3, -0.25) is 4.79 Å². The summed E-state index contributed by atoms with van der Waals surface area (Å²) in [4.78, 5) is 20.3. The summed E-state index contributed by atoms with van der Waals surface area (Å²) in [5, 5.41) is 0.291. The molecule has 1 aliphatic rings. The van der Waals surface area contributed by atoms with Gasteiger partial charge in [0, 0.05) is 24.4 Å². The predicted molar refractivity (Wildman–Crippen MR) is 120 cm³/mol. The average Bonchev–Trinajstić information content (AvgIpc) is 2.66. The first-order valence-electron chi connectivity index (χ1n) is 9.26. The number of anilines is 1. The van der Waals surface area contributed by atoms with E-state index in [-0.39, 0.29) is 23.0 Å². The number of guanidine groups is 1. The van der Waals surface area contributed by atoms with E-state index in [0.29, 0.717) is 0 Å². The number of carbonyl (C=O) groups is 1. The molecule has 1 atom stereocenters. The van der Waals surface area contributed by atoms with Gasteiger partial charge in [-0.15, -0.1) is 0 Å². The number of hydrogen-bond acceptors (Lipinski definition) is 7. The largest absolute Gasteiger partial charge is 0.514 e. The van der Waals surface area contributed by atoms with Gasteiger partial charge >= 0.3 is 0 Å². The zero-order valence-electron chi connectivity index (χ0n) is 17.5. The van der Waals surface area contributed by atoms with Gasteiger partial charge in [-0.1, -0.05) is 0 Å². The Kier molecular flexibility index (Phi) is 6.22. The first kappa shape index (κ1) is 24.6. The molecule has 1 aliphatic heterocycles. The number of pyridine rings is 1. The summed E-state index contributed by atoms with van der Waals surface area (Å²) in [6.07, 6.45) is 0.983. The van der Waals surface area contributed by atoms with E-state index in [4.69, 9.17) is 34.0 Å². The van der Waals surface area contributed by atoms with Crippen molar-refractivity contribution in [2.45, 2.75) is 17.8 Å². The van der Waals surface area contributed by atoms with Crippen molar-refractivity contribution in [2.24, 2.45) is 10.7 Å². The molecule has 1 amide bonds. The Morgan fingerprint density at radius 1 is 1.27 bits per heavy atom. The lowest BCUT2D eigenvalue weighted by molar-refractivity contribution is 0.101. The molecule has 3 rings (SSSR count). The lowest BCUT2D eigenvalue weighted by atomic mass is 9.52. The molecule has 0 spiro atoms. The minimum Gasteiger partial charge on any atom is -0.514 e. The number of rotatable bonds is 5. The number of sulfonamides is 1. The number of carbonyl (C=O) groups excluding carboxylic acids is 1. The van der Waals surface area contributed by atoms with Crippen LogP contribution in [-0.4, -0.2) is 71.2 Å². The highest BCUT2D eigenvalue weighted by molar-refractivity contribution is 7.89. The second kappa shape index (κ2) is 8.36. The number of nitrogens with two attached hydrogens (primary N) is 1. The Labute approximate surface area is 193 Å². The van der Waals surface area contributed by atoms with E-state index >= 15 is 0 Å². The molecule has 0 unspecified atom stereocenters. The van der Waals surface area contributed by atoms with Gasteiger partial charge in [-0.05, 0) is 30.4 Å². The van der Waals surface area contributed by atoms with Crippen LogP contribution < -0.4 is 15.8 Å². The molecule has 1 aromatic carbocycles. The Morgan fingerprint density at radius 2 is 1.94 bits per heavy atom. The van der Waals surface area contributed by atoms with Gasteiger partial charge < -0.3 is 15.8 Å². The molecule has 0 saturated carbocycles. The maximum Gasteiger partial charge on any atom is 0.277 e. The predicted octanol–water partition coefficient (Wildman–Crippen LogP) is -0.0872. The quantitative estimate of drug-likeness (QED) is 0.591. The van der Waals surface area contributed by atoms with Crippen molar-refractivity contribution in [3.8, 4) is 5.75 Å². The number of nitrogens with zero attached hydrogens (tertiary/aromatic N) is 3. The Balaban J connectivity index is 1.90. The van der Waals surface area contributed by atoms with Crippen LogP contribution >= 0.6 is 0 Å². The highest BCUT2D eigenvalue weighted by Crippen LogP contribution is 2.34. The normalized spacial score (nSPS) is 20.1. The topological polar surface area (TPSA) is 127 Å². The van der Waals surface area contributed by atoms with Crippen LogP contribution in [-0.2, 0) is 15.6 Å². The van der Waals surface area contributed by atoms with Crippen molar-refractivity contribution in [3.05, 3.63) is 53.4 Å². The molecule has 0 aliphatic carbocycles. The number of aromatic nitrogens is 1. The highest BCUT2D eigenvalue weighted by atomic mass is 32.2. The van der Waals surface area contributed by atoms with Crippen molar-refractivity contribution < 1.29 is 26.7 Å². The monoisotopic (exact) mass is 469 g/mol. The summed E-state index contributed by atoms with van der Waals surface area (Å²) < 4.78 is 59.4. The average molecular weight is 469 g/mol. The number of halogens is 2. The number of aliphatic imine (C=N–C) groups is 1. The van der Waals surface area contributed by atoms with E-state index in [0.717, 1.165) is 22.6 Å². The van der Waals surface area contributed by atoms with Crippen molar-refractivity contribution in [1.82, 2.24) is 9.29 Å². The fourth-order valence-corrected chi connectivity index (χ4v) is 4.59. The molecule has 166 valence electrons. The molecule has 2 aromatic rings. The molecule has 2 heterocycles. The minimum atomic E-state index is -3.86. The Morgan fingerprint density at radius 3 is 2.52 bits per heavy atom. The summed E-state index contributed by atoms with van der Waals surface area (Å²) in [6.45, 7) is 1.39. The van der Waals surface area contributed by atoms with E-state index in [9.17, 15) is 22.0 Å². The molecule has 6 radical (unpaired) electrons. The van der Waals surface area contributed by atoms with Crippen molar-refractivity contribution in [2.75, 3.05) is 18.1 Å². The summed E-state index contributed by atoms with van der Waals surface area (Å²) in [7, 11) is 13.2. The Hall–Kier alpha value is -3.09. The van der Waals surface area contributed by atoms with Crippen molar-refractivity contribution in [3.63, 3.8) is 0 Å². The third kappa shape index (κ3) is 5.29. The van der Waals surface area contributed by atoms with Crippen molar-refractivity contribution in [1.29, 1.82) is 0 Å². The standard InChI is InChI=1S/C18H16B3F2N5O4S/c1-17(8-33(30,31)28(2)16(24)27-17)11-5-9(3-4-12(11)22)26-15(29)14-13(23)6-10(7-25-14)32-18(19,20)21/h3-7H,8H2,1-2H3,(H2,24,27)(H,26,29)/t17-/m0/s1. The van der Waals surface area contributed by atoms with Crippen LogP contribution in [0.2, 0.25) is 0 Å². The van der Waals surface area contributed by atoms with Crippen LogP contribution in [0.1, 0.15) is 23.0 Å². The lowest BCUT2D eigenvalue weighted by Crippen LogP contribution is -2.50. The van der Waals surface area contributed by atoms with Gasteiger partial charge in [-0.25, -0.2) is 31.5 Å². The van der Waals surface area contributed by atoms with Crippen molar-refractivity contribution >= 4 is 51.1 Å². The van der Waals surface area contributed by atoms with Crippen LogP contribution in [0.3, 0.4) is 0 Å². The lowest BCUT2D eigenvalue weighted by Gasteiger charge is -2.34. The molecular weight excluding hydrogens is 453 g/mol. The zero-order valence-corrected chi connectivity index (χ0v) is 18.4. The van der Waals surface area contributed by atoms with Crippen LogP contribution in [0.15, 0.2) is 35.5 Å². The number of ether oxygens (including phenoxy) is 1. The number of benzene rings is 1. The molecule has 9 nitrogen and oxygen atoms in total. The first-order valence-corrected chi connectivity index (χ1v) is 10.9. The Bertz CT molecular complexity index is 1260. The SMILES string of the molecule is [B]C([B])([B])Oc1cnc(C(=O)Nc2ccc(F)c([C@]3(C)CS(=O)(=O)N(C)C(N)=N3)c2)c(F)c1. The van der Waals surface area contributed by atoms with Crippen LogP contribution in [0.4, 0.5) is 14.5 Å². The summed E-state index contributed by atoms with van der Waals surface area (Å²) in [5.74, 6) is -3.90. The van der Waals surface area contributed by atoms with Gasteiger partial charge in [-0.2, -0.15) is 0 Å². The van der Waals surface area contributed by atoms with Gasteiger partial charge in [0.25, 0.3) is 5.91 Å². The summed E-state index contributed by atoms with van der Waals surface area (Å²) in [6, 6.07) is 4.21. The molecular formula is C18H16B3F2N5O4S. The fraction of sp³-hybridized carbons (Fsp3) is 0.278.